The molecule has 102 valence electrons. The van der Waals surface area contributed by atoms with Gasteiger partial charge in [-0.2, -0.15) is 0 Å². The molecule has 0 aliphatic heterocycles. The Morgan fingerprint density at radius 1 is 1.32 bits per heavy atom. The van der Waals surface area contributed by atoms with Gasteiger partial charge in [-0.15, -0.1) is 0 Å². The van der Waals surface area contributed by atoms with Gasteiger partial charge in [0, 0.05) is 17.3 Å². The molecule has 0 spiro atoms. The Kier molecular flexibility index (Phi) is 5.01. The number of rotatable bonds is 7. The lowest BCUT2D eigenvalue weighted by Gasteiger charge is -2.15. The fourth-order valence-electron chi connectivity index (χ4n) is 2.18. The molecule has 1 aromatic heterocycles. The minimum absolute atomic E-state index is 0.497. The molecule has 0 radical (unpaired) electrons. The highest BCUT2D eigenvalue weighted by Crippen LogP contribution is 2.22. The molecule has 3 nitrogen and oxygen atoms in total. The van der Waals surface area contributed by atoms with Gasteiger partial charge in [-0.25, -0.2) is 4.98 Å². The summed E-state index contributed by atoms with van der Waals surface area (Å²) in [7, 11) is 0. The van der Waals surface area contributed by atoms with Gasteiger partial charge in [-0.3, -0.25) is 0 Å². The molecule has 19 heavy (non-hydrogen) atoms. The maximum absolute atomic E-state index is 5.32. The lowest BCUT2D eigenvalue weighted by Crippen LogP contribution is -2.14. The van der Waals surface area contributed by atoms with Crippen molar-refractivity contribution < 1.29 is 4.42 Å². The molecule has 1 unspecified atom stereocenters. The third-order valence-corrected chi connectivity index (χ3v) is 3.23. The molecule has 2 aromatic rings. The summed E-state index contributed by atoms with van der Waals surface area (Å²) in [6, 6.07) is 8.77. The molecule has 1 N–H and O–H groups in total. The van der Waals surface area contributed by atoms with Crippen molar-refractivity contribution in [1.82, 2.24) is 4.98 Å². The molecule has 0 aliphatic rings. The Hall–Kier alpha value is -1.77. The van der Waals surface area contributed by atoms with Gasteiger partial charge in [0.15, 0.2) is 12.2 Å². The molecule has 2 rings (SSSR count). The first-order valence-electron chi connectivity index (χ1n) is 7.05. The van der Waals surface area contributed by atoms with Crippen LogP contribution >= 0.6 is 0 Å². The molecule has 0 bridgehead atoms. The van der Waals surface area contributed by atoms with Gasteiger partial charge < -0.3 is 9.73 Å². The molecule has 0 amide bonds. The fraction of sp³-hybridized carbons (Fsp3) is 0.438. The van der Waals surface area contributed by atoms with E-state index in [4.69, 9.17) is 4.42 Å². The zero-order valence-corrected chi connectivity index (χ0v) is 11.7. The van der Waals surface area contributed by atoms with Crippen LogP contribution in [0.25, 0.3) is 11.3 Å². The van der Waals surface area contributed by atoms with E-state index >= 15 is 0 Å². The van der Waals surface area contributed by atoms with Crippen molar-refractivity contribution in [3.8, 4) is 11.3 Å². The van der Waals surface area contributed by atoms with Crippen LogP contribution in [0, 0.1) is 0 Å². The van der Waals surface area contributed by atoms with Crippen LogP contribution in [0.2, 0.25) is 0 Å². The van der Waals surface area contributed by atoms with Crippen molar-refractivity contribution in [2.45, 2.75) is 45.6 Å². The van der Waals surface area contributed by atoms with Crippen LogP contribution in [0.3, 0.4) is 0 Å². The van der Waals surface area contributed by atoms with Crippen LogP contribution in [-0.4, -0.2) is 11.0 Å². The monoisotopic (exact) mass is 258 g/mol. The van der Waals surface area contributed by atoms with Crippen LogP contribution in [0.15, 0.2) is 41.3 Å². The maximum Gasteiger partial charge on any atom is 0.181 e. The average molecular weight is 258 g/mol. The summed E-state index contributed by atoms with van der Waals surface area (Å²) >= 11 is 0. The smallest absolute Gasteiger partial charge is 0.181 e. The summed E-state index contributed by atoms with van der Waals surface area (Å²) < 4.78 is 5.32. The zero-order chi connectivity index (χ0) is 13.5. The highest BCUT2D eigenvalue weighted by atomic mass is 16.3. The highest BCUT2D eigenvalue weighted by Gasteiger charge is 2.05. The first kappa shape index (κ1) is 13.7. The van der Waals surface area contributed by atoms with E-state index < -0.39 is 0 Å². The van der Waals surface area contributed by atoms with Crippen LogP contribution in [0.1, 0.15) is 39.5 Å². The first-order chi connectivity index (χ1) is 9.29. The summed E-state index contributed by atoms with van der Waals surface area (Å²) in [5, 5.41) is 3.54. The van der Waals surface area contributed by atoms with Crippen molar-refractivity contribution in [3.63, 3.8) is 0 Å². The first-order valence-corrected chi connectivity index (χ1v) is 7.05. The minimum Gasteiger partial charge on any atom is -0.444 e. The van der Waals surface area contributed by atoms with Gasteiger partial charge in [0.05, 0.1) is 6.20 Å². The van der Waals surface area contributed by atoms with Crippen molar-refractivity contribution in [3.05, 3.63) is 36.9 Å². The van der Waals surface area contributed by atoms with Gasteiger partial charge in [0.25, 0.3) is 0 Å². The van der Waals surface area contributed by atoms with E-state index in [0.717, 1.165) is 17.0 Å². The number of oxazole rings is 1. The highest BCUT2D eigenvalue weighted by molar-refractivity contribution is 5.63. The normalized spacial score (nSPS) is 12.3. The van der Waals surface area contributed by atoms with Crippen molar-refractivity contribution in [1.29, 1.82) is 0 Å². The number of benzene rings is 1. The molecule has 1 aromatic carbocycles. The van der Waals surface area contributed by atoms with E-state index in [9.17, 15) is 0 Å². The van der Waals surface area contributed by atoms with Gasteiger partial charge in [0.1, 0.15) is 0 Å². The average Bonchev–Trinajstić information content (AvgIpc) is 2.93. The quantitative estimate of drug-likeness (QED) is 0.730. The fourth-order valence-corrected chi connectivity index (χ4v) is 2.18. The van der Waals surface area contributed by atoms with Crippen molar-refractivity contribution in [2.75, 3.05) is 5.32 Å². The molecule has 0 fully saturated rings. The standard InChI is InChI=1S/C16H22N2O/c1-3-4-5-7-13(2)18-15-9-6-8-14(10-15)16-11-17-12-19-16/h6,8-13,18H,3-5,7H2,1-2H3. The van der Waals surface area contributed by atoms with E-state index in [-0.39, 0.29) is 0 Å². The number of nitrogens with zero attached hydrogens (tertiary/aromatic N) is 1. The van der Waals surface area contributed by atoms with Crippen LogP contribution in [0.4, 0.5) is 5.69 Å². The number of hydrogen-bond acceptors (Lipinski definition) is 3. The van der Waals surface area contributed by atoms with Gasteiger partial charge >= 0.3 is 0 Å². The predicted molar refractivity (Wildman–Crippen MR) is 79.2 cm³/mol. The Morgan fingerprint density at radius 2 is 2.21 bits per heavy atom. The molecular formula is C16H22N2O. The molecule has 0 saturated carbocycles. The summed E-state index contributed by atoms with van der Waals surface area (Å²) in [6.45, 7) is 4.47. The molecule has 3 heteroatoms. The number of unbranched alkanes of at least 4 members (excludes halogenated alkanes) is 2. The Labute approximate surface area is 115 Å². The summed E-state index contributed by atoms with van der Waals surface area (Å²) in [5.41, 5.74) is 2.20. The van der Waals surface area contributed by atoms with E-state index in [2.05, 4.69) is 36.3 Å². The second-order valence-electron chi connectivity index (χ2n) is 4.99. The summed E-state index contributed by atoms with van der Waals surface area (Å²) in [6.07, 6.45) is 8.28. The van der Waals surface area contributed by atoms with Gasteiger partial charge in [0.2, 0.25) is 0 Å². The molecule has 1 atom stereocenters. The van der Waals surface area contributed by atoms with Crippen LogP contribution < -0.4 is 5.32 Å². The van der Waals surface area contributed by atoms with E-state index in [1.54, 1.807) is 6.20 Å². The second kappa shape index (κ2) is 6.98. The minimum atomic E-state index is 0.497. The number of nitrogens with one attached hydrogen (secondary N) is 1. The molecule has 0 aliphatic carbocycles. The predicted octanol–water partition coefficient (Wildman–Crippen LogP) is 4.72. The SMILES string of the molecule is CCCCCC(C)Nc1cccc(-c2cnco2)c1. The lowest BCUT2D eigenvalue weighted by molar-refractivity contribution is 0.572. The van der Waals surface area contributed by atoms with E-state index in [1.165, 1.54) is 32.1 Å². The number of aromatic nitrogens is 1. The van der Waals surface area contributed by atoms with Gasteiger partial charge in [-0.05, 0) is 25.5 Å². The zero-order valence-electron chi connectivity index (χ0n) is 11.7. The molecule has 1 heterocycles. The molecule has 0 saturated heterocycles. The Morgan fingerprint density at radius 3 is 2.95 bits per heavy atom. The molecular weight excluding hydrogens is 236 g/mol. The van der Waals surface area contributed by atoms with Crippen molar-refractivity contribution >= 4 is 5.69 Å². The second-order valence-corrected chi connectivity index (χ2v) is 4.99. The number of anilines is 1. The largest absolute Gasteiger partial charge is 0.444 e. The van der Waals surface area contributed by atoms with E-state index in [0.29, 0.717) is 6.04 Å². The Bertz CT molecular complexity index is 479. The van der Waals surface area contributed by atoms with Crippen molar-refractivity contribution in [2.24, 2.45) is 0 Å². The lowest BCUT2D eigenvalue weighted by atomic mass is 10.1. The summed E-state index contributed by atoms with van der Waals surface area (Å²) in [4.78, 5) is 3.95. The Balaban J connectivity index is 1.95. The third kappa shape index (κ3) is 4.12. The van der Waals surface area contributed by atoms with Crippen LogP contribution in [-0.2, 0) is 0 Å². The third-order valence-electron chi connectivity index (χ3n) is 3.23. The number of hydrogen-bond donors (Lipinski definition) is 1. The maximum atomic E-state index is 5.32. The van der Waals surface area contributed by atoms with Gasteiger partial charge in [-0.1, -0.05) is 38.3 Å². The summed E-state index contributed by atoms with van der Waals surface area (Å²) in [5.74, 6) is 0.808. The topological polar surface area (TPSA) is 38.1 Å². The van der Waals surface area contributed by atoms with Crippen LogP contribution in [0.5, 0.6) is 0 Å². The van der Waals surface area contributed by atoms with E-state index in [1.807, 2.05) is 12.1 Å².